The fourth-order valence-corrected chi connectivity index (χ4v) is 1.66. The molecular formula is C10H10N2O2. The summed E-state index contributed by atoms with van der Waals surface area (Å²) in [5.41, 5.74) is 1.99. The van der Waals surface area contributed by atoms with Crippen LogP contribution in [0.25, 0.3) is 10.9 Å². The van der Waals surface area contributed by atoms with E-state index in [1.165, 1.54) is 6.07 Å². The molecule has 4 nitrogen and oxygen atoms in total. The van der Waals surface area contributed by atoms with E-state index in [1.807, 2.05) is 6.92 Å². The molecule has 72 valence electrons. The lowest BCUT2D eigenvalue weighted by Gasteiger charge is -1.98. The zero-order valence-corrected chi connectivity index (χ0v) is 7.98. The Morgan fingerprint density at radius 1 is 1.50 bits per heavy atom. The molecule has 0 aliphatic rings. The molecule has 0 aliphatic carbocycles. The molecule has 0 spiro atoms. The van der Waals surface area contributed by atoms with Crippen molar-refractivity contribution in [2.45, 2.75) is 6.92 Å². The summed E-state index contributed by atoms with van der Waals surface area (Å²) < 4.78 is 1.65. The van der Waals surface area contributed by atoms with Gasteiger partial charge >= 0.3 is 0 Å². The van der Waals surface area contributed by atoms with Crippen LogP contribution in [0.1, 0.15) is 16.1 Å². The molecule has 4 heteroatoms. The Labute approximate surface area is 80.8 Å². The molecule has 0 fully saturated rings. The molecule has 0 unspecified atom stereocenters. The van der Waals surface area contributed by atoms with Crippen molar-refractivity contribution < 1.29 is 9.90 Å². The van der Waals surface area contributed by atoms with Crippen LogP contribution in [-0.4, -0.2) is 21.2 Å². The number of nitrogens with zero attached hydrogens (tertiary/aromatic N) is 2. The maximum atomic E-state index is 10.6. The molecule has 0 atom stereocenters. The van der Waals surface area contributed by atoms with Crippen LogP contribution < -0.4 is 0 Å². The van der Waals surface area contributed by atoms with E-state index in [0.717, 1.165) is 11.2 Å². The zero-order chi connectivity index (χ0) is 10.3. The number of carbonyl (C=O) groups excluding carboxylic acids is 1. The van der Waals surface area contributed by atoms with Gasteiger partial charge in [-0.15, -0.1) is 0 Å². The Morgan fingerprint density at radius 3 is 2.86 bits per heavy atom. The van der Waals surface area contributed by atoms with Gasteiger partial charge in [-0.1, -0.05) is 0 Å². The summed E-state index contributed by atoms with van der Waals surface area (Å²) in [7, 11) is 1.78. The summed E-state index contributed by atoms with van der Waals surface area (Å²) >= 11 is 0. The second-order valence-corrected chi connectivity index (χ2v) is 3.26. The minimum absolute atomic E-state index is 0.107. The van der Waals surface area contributed by atoms with Crippen molar-refractivity contribution >= 4 is 17.2 Å². The molecule has 1 aromatic carbocycles. The predicted octanol–water partition coefficient (Wildman–Crippen LogP) is 1.40. The molecule has 1 heterocycles. The molecule has 0 saturated carbocycles. The number of aromatic nitrogens is 2. The fourth-order valence-electron chi connectivity index (χ4n) is 1.66. The minimum atomic E-state index is 0.107. The van der Waals surface area contributed by atoms with Gasteiger partial charge in [0.15, 0.2) is 0 Å². The van der Waals surface area contributed by atoms with Gasteiger partial charge in [0.25, 0.3) is 0 Å². The van der Waals surface area contributed by atoms with Crippen LogP contribution >= 0.6 is 0 Å². The van der Waals surface area contributed by atoms with Crippen molar-refractivity contribution in [3.05, 3.63) is 23.4 Å². The molecule has 14 heavy (non-hydrogen) atoms. The molecule has 0 aliphatic heterocycles. The van der Waals surface area contributed by atoms with Gasteiger partial charge in [0.05, 0.1) is 16.6 Å². The SMILES string of the molecule is Cc1nn(C)c2cc(C=O)cc(O)c12. The van der Waals surface area contributed by atoms with Crippen LogP contribution in [0.4, 0.5) is 0 Å². The Kier molecular flexibility index (Phi) is 1.77. The van der Waals surface area contributed by atoms with E-state index in [2.05, 4.69) is 5.10 Å². The first-order valence-electron chi connectivity index (χ1n) is 4.25. The molecule has 0 radical (unpaired) electrons. The number of fused-ring (bicyclic) bond motifs is 1. The summed E-state index contributed by atoms with van der Waals surface area (Å²) in [5, 5.41) is 14.5. The average Bonchev–Trinajstić information content (AvgIpc) is 2.42. The number of carbonyl (C=O) groups is 1. The van der Waals surface area contributed by atoms with Crippen molar-refractivity contribution in [2.75, 3.05) is 0 Å². The minimum Gasteiger partial charge on any atom is -0.507 e. The number of phenolic OH excluding ortho intramolecular Hbond substituents is 1. The molecule has 0 amide bonds. The van der Waals surface area contributed by atoms with Crippen LogP contribution in [0.3, 0.4) is 0 Å². The lowest BCUT2D eigenvalue weighted by Crippen LogP contribution is -1.90. The summed E-state index contributed by atoms with van der Waals surface area (Å²) in [6.45, 7) is 1.82. The smallest absolute Gasteiger partial charge is 0.150 e. The van der Waals surface area contributed by atoms with Crippen molar-refractivity contribution in [1.29, 1.82) is 0 Å². The second kappa shape index (κ2) is 2.83. The van der Waals surface area contributed by atoms with Crippen LogP contribution in [0.2, 0.25) is 0 Å². The molecule has 0 bridgehead atoms. The highest BCUT2D eigenvalue weighted by molar-refractivity contribution is 5.93. The quantitative estimate of drug-likeness (QED) is 0.691. The summed E-state index contributed by atoms with van der Waals surface area (Å²) in [6, 6.07) is 3.16. The summed E-state index contributed by atoms with van der Waals surface area (Å²) in [6.07, 6.45) is 0.710. The van der Waals surface area contributed by atoms with Crippen LogP contribution in [0, 0.1) is 6.92 Å². The maximum absolute atomic E-state index is 10.6. The van der Waals surface area contributed by atoms with Crippen LogP contribution in [0.15, 0.2) is 12.1 Å². The van der Waals surface area contributed by atoms with Gasteiger partial charge in [0.1, 0.15) is 12.0 Å². The van der Waals surface area contributed by atoms with Crippen LogP contribution in [0.5, 0.6) is 5.75 Å². The van der Waals surface area contributed by atoms with Crippen molar-refractivity contribution in [2.24, 2.45) is 7.05 Å². The number of benzene rings is 1. The third kappa shape index (κ3) is 1.08. The normalized spacial score (nSPS) is 10.7. The summed E-state index contributed by atoms with van der Waals surface area (Å²) in [5.74, 6) is 0.107. The van der Waals surface area contributed by atoms with E-state index < -0.39 is 0 Å². The van der Waals surface area contributed by atoms with Gasteiger partial charge in [-0.05, 0) is 19.1 Å². The topological polar surface area (TPSA) is 55.1 Å². The molecule has 1 N–H and O–H groups in total. The van der Waals surface area contributed by atoms with E-state index >= 15 is 0 Å². The number of aldehydes is 1. The van der Waals surface area contributed by atoms with Gasteiger partial charge in [-0.2, -0.15) is 5.10 Å². The average molecular weight is 190 g/mol. The molecule has 0 saturated heterocycles. The Morgan fingerprint density at radius 2 is 2.21 bits per heavy atom. The second-order valence-electron chi connectivity index (χ2n) is 3.26. The predicted molar refractivity (Wildman–Crippen MR) is 52.5 cm³/mol. The fraction of sp³-hybridized carbons (Fsp3) is 0.200. The third-order valence-corrected chi connectivity index (χ3v) is 2.27. The largest absolute Gasteiger partial charge is 0.507 e. The maximum Gasteiger partial charge on any atom is 0.150 e. The van der Waals surface area contributed by atoms with E-state index in [1.54, 1.807) is 17.8 Å². The van der Waals surface area contributed by atoms with Crippen molar-refractivity contribution in [1.82, 2.24) is 9.78 Å². The van der Waals surface area contributed by atoms with Crippen LogP contribution in [-0.2, 0) is 7.05 Å². The third-order valence-electron chi connectivity index (χ3n) is 2.27. The number of phenols is 1. The van der Waals surface area contributed by atoms with E-state index in [0.29, 0.717) is 17.2 Å². The van der Waals surface area contributed by atoms with Gasteiger partial charge < -0.3 is 5.11 Å². The monoisotopic (exact) mass is 190 g/mol. The van der Waals surface area contributed by atoms with Gasteiger partial charge in [0.2, 0.25) is 0 Å². The number of aromatic hydroxyl groups is 1. The highest BCUT2D eigenvalue weighted by Gasteiger charge is 2.10. The van der Waals surface area contributed by atoms with Crippen molar-refractivity contribution in [3.8, 4) is 5.75 Å². The van der Waals surface area contributed by atoms with Gasteiger partial charge in [-0.3, -0.25) is 9.48 Å². The molecule has 1 aromatic heterocycles. The first kappa shape index (κ1) is 8.74. The lowest BCUT2D eigenvalue weighted by molar-refractivity contribution is 0.112. The summed E-state index contributed by atoms with van der Waals surface area (Å²) in [4.78, 5) is 10.6. The van der Waals surface area contributed by atoms with E-state index in [-0.39, 0.29) is 5.75 Å². The van der Waals surface area contributed by atoms with E-state index in [4.69, 9.17) is 0 Å². The standard InChI is InChI=1S/C10H10N2O2/c1-6-10-8(12(2)11-6)3-7(5-13)4-9(10)14/h3-5,14H,1-2H3. The molecule has 2 aromatic rings. The van der Waals surface area contributed by atoms with Crippen molar-refractivity contribution in [3.63, 3.8) is 0 Å². The van der Waals surface area contributed by atoms with E-state index in [9.17, 15) is 9.90 Å². The Bertz CT molecular complexity index is 514. The zero-order valence-electron chi connectivity index (χ0n) is 7.98. The number of hydrogen-bond donors (Lipinski definition) is 1. The Hall–Kier alpha value is -1.84. The van der Waals surface area contributed by atoms with Gasteiger partial charge in [0, 0.05) is 12.6 Å². The van der Waals surface area contributed by atoms with Gasteiger partial charge in [-0.25, -0.2) is 0 Å². The first-order chi connectivity index (χ1) is 6.63. The number of hydrogen-bond acceptors (Lipinski definition) is 3. The highest BCUT2D eigenvalue weighted by atomic mass is 16.3. The Balaban J connectivity index is 2.92. The number of aryl methyl sites for hydroxylation is 2. The highest BCUT2D eigenvalue weighted by Crippen LogP contribution is 2.28. The first-order valence-corrected chi connectivity index (χ1v) is 4.25. The molecular weight excluding hydrogens is 180 g/mol. The number of rotatable bonds is 1. The molecule has 2 rings (SSSR count). The lowest BCUT2D eigenvalue weighted by atomic mass is 10.1.